The van der Waals surface area contributed by atoms with Gasteiger partial charge in [0.15, 0.2) is 4.77 Å². The number of fused-ring (bicyclic) bond motifs is 5. The lowest BCUT2D eigenvalue weighted by molar-refractivity contribution is 0.0858. The summed E-state index contributed by atoms with van der Waals surface area (Å²) in [5, 5.41) is 3.88. The SMILES string of the molecule is O=C(NCC1CCCO1)c1ccc2c(c1)[nH]c(=S)n1c3ccccc3nc21. The molecule has 2 aromatic heterocycles. The third-order valence-corrected chi connectivity index (χ3v) is 5.33. The van der Waals surface area contributed by atoms with Gasteiger partial charge in [-0.05, 0) is 55.4 Å². The van der Waals surface area contributed by atoms with Crippen LogP contribution in [0.15, 0.2) is 42.5 Å². The predicted molar refractivity (Wildman–Crippen MR) is 107 cm³/mol. The second-order valence-electron chi connectivity index (χ2n) is 6.80. The molecule has 0 bridgehead atoms. The van der Waals surface area contributed by atoms with E-state index in [9.17, 15) is 4.79 Å². The lowest BCUT2D eigenvalue weighted by atomic mass is 10.1. The molecule has 3 heterocycles. The highest BCUT2D eigenvalue weighted by Gasteiger charge is 2.17. The highest BCUT2D eigenvalue weighted by atomic mass is 32.1. The van der Waals surface area contributed by atoms with E-state index in [1.807, 2.05) is 46.9 Å². The number of amides is 1. The standard InChI is InChI=1S/C20H18N4O2S/c25-19(21-11-13-4-3-9-26-13)12-7-8-14-16(10-12)23-20(27)24-17-6-2-1-5-15(17)22-18(14)24/h1-2,5-8,10,13H,3-4,9,11H2,(H,21,25)(H,23,27). The molecule has 1 saturated heterocycles. The fraction of sp³-hybridized carbons (Fsp3) is 0.250. The van der Waals surface area contributed by atoms with Gasteiger partial charge in [0.25, 0.3) is 5.91 Å². The number of para-hydroxylation sites is 2. The lowest BCUT2D eigenvalue weighted by Crippen LogP contribution is -2.31. The minimum absolute atomic E-state index is 0.111. The second kappa shape index (κ2) is 6.44. The van der Waals surface area contributed by atoms with Crippen LogP contribution in [-0.2, 0) is 4.74 Å². The van der Waals surface area contributed by atoms with Crippen LogP contribution in [0.4, 0.5) is 0 Å². The van der Waals surface area contributed by atoms with Crippen molar-refractivity contribution in [2.24, 2.45) is 0 Å². The number of nitrogens with one attached hydrogen (secondary N) is 2. The van der Waals surface area contributed by atoms with Crippen molar-refractivity contribution in [2.75, 3.05) is 13.2 Å². The quantitative estimate of drug-likeness (QED) is 0.534. The molecule has 1 fully saturated rings. The Balaban J connectivity index is 1.55. The van der Waals surface area contributed by atoms with Gasteiger partial charge in [-0.3, -0.25) is 9.20 Å². The molecule has 0 saturated carbocycles. The van der Waals surface area contributed by atoms with Crippen molar-refractivity contribution in [1.29, 1.82) is 0 Å². The van der Waals surface area contributed by atoms with Gasteiger partial charge in [-0.25, -0.2) is 4.98 Å². The topological polar surface area (TPSA) is 71.4 Å². The average Bonchev–Trinajstić information content (AvgIpc) is 3.33. The van der Waals surface area contributed by atoms with Crippen molar-refractivity contribution in [2.45, 2.75) is 18.9 Å². The molecule has 6 nitrogen and oxygen atoms in total. The largest absolute Gasteiger partial charge is 0.376 e. The van der Waals surface area contributed by atoms with E-state index in [1.165, 1.54) is 0 Å². The number of hydrogen-bond acceptors (Lipinski definition) is 4. The molecule has 1 aliphatic heterocycles. The van der Waals surface area contributed by atoms with E-state index in [0.29, 0.717) is 16.9 Å². The Kier molecular flexibility index (Phi) is 3.91. The summed E-state index contributed by atoms with van der Waals surface area (Å²) in [5.74, 6) is -0.111. The van der Waals surface area contributed by atoms with Crippen LogP contribution in [0.2, 0.25) is 0 Å². The predicted octanol–water partition coefficient (Wildman–Crippen LogP) is 3.61. The number of ether oxygens (including phenoxy) is 1. The molecule has 1 atom stereocenters. The number of H-pyrrole nitrogens is 1. The average molecular weight is 378 g/mol. The Bertz CT molecular complexity index is 1240. The maximum atomic E-state index is 12.5. The maximum absolute atomic E-state index is 12.5. The first-order valence-corrected chi connectivity index (χ1v) is 9.44. The van der Waals surface area contributed by atoms with Crippen molar-refractivity contribution in [3.63, 3.8) is 0 Å². The van der Waals surface area contributed by atoms with E-state index in [2.05, 4.69) is 10.3 Å². The van der Waals surface area contributed by atoms with Crippen molar-refractivity contribution < 1.29 is 9.53 Å². The van der Waals surface area contributed by atoms with Crippen molar-refractivity contribution in [3.8, 4) is 0 Å². The van der Waals surface area contributed by atoms with Crippen LogP contribution in [0.5, 0.6) is 0 Å². The third kappa shape index (κ3) is 2.79. The molecule has 1 amide bonds. The van der Waals surface area contributed by atoms with Gasteiger partial charge < -0.3 is 15.0 Å². The summed E-state index contributed by atoms with van der Waals surface area (Å²) >= 11 is 5.55. The smallest absolute Gasteiger partial charge is 0.251 e. The molecule has 0 radical (unpaired) electrons. The van der Waals surface area contributed by atoms with Gasteiger partial charge >= 0.3 is 0 Å². The molecular formula is C20H18N4O2S. The highest BCUT2D eigenvalue weighted by molar-refractivity contribution is 7.71. The molecule has 1 aliphatic rings. The van der Waals surface area contributed by atoms with Gasteiger partial charge in [0, 0.05) is 24.1 Å². The van der Waals surface area contributed by atoms with E-state index >= 15 is 0 Å². The fourth-order valence-corrected chi connectivity index (χ4v) is 3.98. The van der Waals surface area contributed by atoms with E-state index in [0.717, 1.165) is 47.0 Å². The molecule has 0 spiro atoms. The monoisotopic (exact) mass is 378 g/mol. The zero-order valence-corrected chi connectivity index (χ0v) is 15.4. The first kappa shape index (κ1) is 16.4. The van der Waals surface area contributed by atoms with Crippen LogP contribution in [0, 0.1) is 4.77 Å². The summed E-state index contributed by atoms with van der Waals surface area (Å²) < 4.78 is 8.05. The van der Waals surface area contributed by atoms with Crippen molar-refractivity contribution in [3.05, 3.63) is 52.8 Å². The van der Waals surface area contributed by atoms with Crippen LogP contribution < -0.4 is 5.32 Å². The molecule has 7 heteroatoms. The Morgan fingerprint density at radius 2 is 2.22 bits per heavy atom. The molecule has 5 rings (SSSR count). The van der Waals surface area contributed by atoms with Crippen LogP contribution in [-0.4, -0.2) is 39.5 Å². The summed E-state index contributed by atoms with van der Waals surface area (Å²) in [6, 6.07) is 13.5. The summed E-state index contributed by atoms with van der Waals surface area (Å²) in [7, 11) is 0. The third-order valence-electron chi connectivity index (χ3n) is 5.04. The number of carbonyl (C=O) groups is 1. The minimum Gasteiger partial charge on any atom is -0.376 e. The molecule has 27 heavy (non-hydrogen) atoms. The Hall–Kier alpha value is -2.77. The Labute approximate surface area is 160 Å². The number of imidazole rings is 1. The summed E-state index contributed by atoms with van der Waals surface area (Å²) in [4.78, 5) is 20.5. The minimum atomic E-state index is -0.111. The van der Waals surface area contributed by atoms with Gasteiger partial charge in [-0.2, -0.15) is 0 Å². The number of rotatable bonds is 3. The molecule has 136 valence electrons. The first-order valence-electron chi connectivity index (χ1n) is 9.04. The lowest BCUT2D eigenvalue weighted by Gasteiger charge is -2.11. The Morgan fingerprint density at radius 3 is 3.07 bits per heavy atom. The molecule has 2 N–H and O–H groups in total. The van der Waals surface area contributed by atoms with Gasteiger partial charge in [-0.1, -0.05) is 12.1 Å². The molecule has 1 unspecified atom stereocenters. The van der Waals surface area contributed by atoms with Crippen LogP contribution >= 0.6 is 12.2 Å². The summed E-state index contributed by atoms with van der Waals surface area (Å²) in [6.45, 7) is 1.32. The molecular weight excluding hydrogens is 360 g/mol. The zero-order chi connectivity index (χ0) is 18.4. The molecule has 2 aromatic carbocycles. The number of aromatic nitrogens is 3. The number of nitrogens with zero attached hydrogens (tertiary/aromatic N) is 2. The molecule has 0 aliphatic carbocycles. The van der Waals surface area contributed by atoms with E-state index in [1.54, 1.807) is 0 Å². The van der Waals surface area contributed by atoms with Crippen LogP contribution in [0.1, 0.15) is 23.2 Å². The summed E-state index contributed by atoms with van der Waals surface area (Å²) in [5.41, 5.74) is 4.04. The number of carbonyl (C=O) groups excluding carboxylic acids is 1. The number of benzene rings is 2. The van der Waals surface area contributed by atoms with Gasteiger partial charge in [0.05, 0.1) is 22.7 Å². The highest BCUT2D eigenvalue weighted by Crippen LogP contribution is 2.24. The fourth-order valence-electron chi connectivity index (χ4n) is 3.68. The van der Waals surface area contributed by atoms with Gasteiger partial charge in [-0.15, -0.1) is 0 Å². The van der Waals surface area contributed by atoms with Gasteiger partial charge in [0.2, 0.25) is 0 Å². The summed E-state index contributed by atoms with van der Waals surface area (Å²) in [6.07, 6.45) is 2.18. The van der Waals surface area contributed by atoms with Crippen molar-refractivity contribution >= 4 is 45.7 Å². The maximum Gasteiger partial charge on any atom is 0.251 e. The normalized spacial score (nSPS) is 17.1. The van der Waals surface area contributed by atoms with Crippen LogP contribution in [0.3, 0.4) is 0 Å². The number of aromatic amines is 1. The second-order valence-corrected chi connectivity index (χ2v) is 7.18. The van der Waals surface area contributed by atoms with Crippen molar-refractivity contribution in [1.82, 2.24) is 19.7 Å². The van der Waals surface area contributed by atoms with Gasteiger partial charge in [0.1, 0.15) is 5.65 Å². The molecule has 4 aromatic rings. The zero-order valence-electron chi connectivity index (χ0n) is 14.6. The van der Waals surface area contributed by atoms with E-state index in [4.69, 9.17) is 21.9 Å². The van der Waals surface area contributed by atoms with E-state index in [-0.39, 0.29) is 12.0 Å². The first-order chi connectivity index (χ1) is 13.2. The Morgan fingerprint density at radius 1 is 1.33 bits per heavy atom. The van der Waals surface area contributed by atoms with Crippen LogP contribution in [0.25, 0.3) is 27.6 Å². The number of hydrogen-bond donors (Lipinski definition) is 2. The van der Waals surface area contributed by atoms with E-state index < -0.39 is 0 Å².